The summed E-state index contributed by atoms with van der Waals surface area (Å²) in [4.78, 5) is 39.0. The van der Waals surface area contributed by atoms with Gasteiger partial charge in [-0.3, -0.25) is 14.4 Å². The van der Waals surface area contributed by atoms with Crippen LogP contribution in [-0.4, -0.2) is 59.2 Å². The predicted octanol–water partition coefficient (Wildman–Crippen LogP) is 0.370. The van der Waals surface area contributed by atoms with E-state index in [1.165, 1.54) is 0 Å². The standard InChI is InChI=1S/C15H25N3O3/c1-10(2)18-9-13(8-14(18)20)16-15(21)12-4-6-17(7-5-12)11(3)19/h10,12-13H,4-9H2,1-3H3,(H,16,21). The van der Waals surface area contributed by atoms with Crippen LogP contribution in [0.4, 0.5) is 0 Å². The molecular weight excluding hydrogens is 270 g/mol. The smallest absolute Gasteiger partial charge is 0.225 e. The van der Waals surface area contributed by atoms with E-state index in [0.29, 0.717) is 38.9 Å². The normalized spacial score (nSPS) is 23.8. The minimum Gasteiger partial charge on any atom is -0.351 e. The fourth-order valence-corrected chi connectivity index (χ4v) is 3.10. The molecule has 0 radical (unpaired) electrons. The number of piperidine rings is 1. The summed E-state index contributed by atoms with van der Waals surface area (Å²) in [5.41, 5.74) is 0. The number of hydrogen-bond donors (Lipinski definition) is 1. The first-order valence-corrected chi connectivity index (χ1v) is 7.74. The molecule has 0 spiro atoms. The zero-order valence-electron chi connectivity index (χ0n) is 13.1. The van der Waals surface area contributed by atoms with Crippen LogP contribution in [0.2, 0.25) is 0 Å². The zero-order valence-corrected chi connectivity index (χ0v) is 13.1. The molecule has 6 nitrogen and oxygen atoms in total. The Balaban J connectivity index is 1.81. The lowest BCUT2D eigenvalue weighted by molar-refractivity contribution is -0.134. The Kier molecular flexibility index (Phi) is 4.85. The van der Waals surface area contributed by atoms with E-state index in [1.54, 1.807) is 11.8 Å². The number of carbonyl (C=O) groups is 3. The average molecular weight is 295 g/mol. The lowest BCUT2D eigenvalue weighted by atomic mass is 9.95. The molecule has 1 N–H and O–H groups in total. The average Bonchev–Trinajstić information content (AvgIpc) is 2.79. The van der Waals surface area contributed by atoms with Gasteiger partial charge in [0.15, 0.2) is 0 Å². The van der Waals surface area contributed by atoms with Crippen molar-refractivity contribution in [3.05, 3.63) is 0 Å². The number of carbonyl (C=O) groups excluding carboxylic acids is 3. The van der Waals surface area contributed by atoms with Crippen LogP contribution in [0.1, 0.15) is 40.0 Å². The maximum atomic E-state index is 12.3. The van der Waals surface area contributed by atoms with E-state index in [9.17, 15) is 14.4 Å². The largest absolute Gasteiger partial charge is 0.351 e. The molecule has 2 aliphatic rings. The van der Waals surface area contributed by atoms with Crippen molar-refractivity contribution < 1.29 is 14.4 Å². The van der Waals surface area contributed by atoms with E-state index in [-0.39, 0.29) is 35.7 Å². The third kappa shape index (κ3) is 3.74. The van der Waals surface area contributed by atoms with Gasteiger partial charge in [-0.15, -0.1) is 0 Å². The molecule has 0 aromatic heterocycles. The van der Waals surface area contributed by atoms with Crippen molar-refractivity contribution in [1.29, 1.82) is 0 Å². The summed E-state index contributed by atoms with van der Waals surface area (Å²) in [6.07, 6.45) is 1.82. The summed E-state index contributed by atoms with van der Waals surface area (Å²) in [5.74, 6) is 0.176. The Morgan fingerprint density at radius 3 is 2.33 bits per heavy atom. The Labute approximate surface area is 125 Å². The molecule has 0 bridgehead atoms. The summed E-state index contributed by atoms with van der Waals surface area (Å²) in [6, 6.07) is 0.108. The van der Waals surface area contributed by atoms with Crippen LogP contribution >= 0.6 is 0 Å². The fraction of sp³-hybridized carbons (Fsp3) is 0.800. The molecule has 2 heterocycles. The van der Waals surface area contributed by atoms with Gasteiger partial charge in [0.2, 0.25) is 17.7 Å². The van der Waals surface area contributed by atoms with Gasteiger partial charge in [0.25, 0.3) is 0 Å². The zero-order chi connectivity index (χ0) is 15.6. The van der Waals surface area contributed by atoms with Crippen molar-refractivity contribution in [1.82, 2.24) is 15.1 Å². The van der Waals surface area contributed by atoms with Crippen molar-refractivity contribution in [3.63, 3.8) is 0 Å². The van der Waals surface area contributed by atoms with Crippen LogP contribution in [0.25, 0.3) is 0 Å². The molecular formula is C15H25N3O3. The molecule has 0 saturated carbocycles. The molecule has 0 aromatic carbocycles. The maximum absolute atomic E-state index is 12.3. The highest BCUT2D eigenvalue weighted by Crippen LogP contribution is 2.19. The number of likely N-dealkylation sites (tertiary alicyclic amines) is 2. The predicted molar refractivity (Wildman–Crippen MR) is 78.4 cm³/mol. The Morgan fingerprint density at radius 2 is 1.86 bits per heavy atom. The molecule has 118 valence electrons. The summed E-state index contributed by atoms with van der Waals surface area (Å²) in [6.45, 7) is 7.43. The molecule has 2 saturated heterocycles. The molecule has 1 unspecified atom stereocenters. The van der Waals surface area contributed by atoms with Crippen LogP contribution in [0.5, 0.6) is 0 Å². The van der Waals surface area contributed by atoms with E-state index < -0.39 is 0 Å². The Hall–Kier alpha value is -1.59. The third-order valence-corrected chi connectivity index (χ3v) is 4.44. The van der Waals surface area contributed by atoms with Crippen molar-refractivity contribution in [2.45, 2.75) is 52.1 Å². The third-order valence-electron chi connectivity index (χ3n) is 4.44. The highest BCUT2D eigenvalue weighted by molar-refractivity contribution is 5.83. The molecule has 3 amide bonds. The lowest BCUT2D eigenvalue weighted by Crippen LogP contribution is -2.45. The van der Waals surface area contributed by atoms with Gasteiger partial charge in [-0.25, -0.2) is 0 Å². The van der Waals surface area contributed by atoms with Crippen LogP contribution in [0.3, 0.4) is 0 Å². The van der Waals surface area contributed by atoms with Crippen LogP contribution in [-0.2, 0) is 14.4 Å². The summed E-state index contributed by atoms with van der Waals surface area (Å²) in [7, 11) is 0. The van der Waals surface area contributed by atoms with E-state index in [0.717, 1.165) is 0 Å². The molecule has 21 heavy (non-hydrogen) atoms. The second-order valence-corrected chi connectivity index (χ2v) is 6.33. The highest BCUT2D eigenvalue weighted by atomic mass is 16.2. The first-order chi connectivity index (χ1) is 9.88. The van der Waals surface area contributed by atoms with Crippen LogP contribution in [0, 0.1) is 5.92 Å². The molecule has 6 heteroatoms. The number of hydrogen-bond acceptors (Lipinski definition) is 3. The van der Waals surface area contributed by atoms with Gasteiger partial charge >= 0.3 is 0 Å². The second kappa shape index (κ2) is 6.45. The summed E-state index contributed by atoms with van der Waals surface area (Å²) in [5, 5.41) is 3.00. The molecule has 2 aliphatic heterocycles. The van der Waals surface area contributed by atoms with Crippen molar-refractivity contribution in [2.24, 2.45) is 5.92 Å². The first kappa shape index (κ1) is 15.8. The first-order valence-electron chi connectivity index (χ1n) is 7.74. The minimum atomic E-state index is -0.0711. The topological polar surface area (TPSA) is 69.7 Å². The van der Waals surface area contributed by atoms with E-state index in [1.807, 2.05) is 18.7 Å². The monoisotopic (exact) mass is 295 g/mol. The maximum Gasteiger partial charge on any atom is 0.225 e. The minimum absolute atomic E-state index is 0.0293. The molecule has 2 rings (SSSR count). The van der Waals surface area contributed by atoms with Gasteiger partial charge in [-0.1, -0.05) is 0 Å². The molecule has 0 aliphatic carbocycles. The molecule has 0 aromatic rings. The Bertz CT molecular complexity index is 428. The van der Waals surface area contributed by atoms with Crippen molar-refractivity contribution in [3.8, 4) is 0 Å². The SMILES string of the molecule is CC(=O)N1CCC(C(=O)NC2CC(=O)N(C(C)C)C2)CC1. The number of rotatable bonds is 3. The van der Waals surface area contributed by atoms with E-state index in [4.69, 9.17) is 0 Å². The van der Waals surface area contributed by atoms with Crippen molar-refractivity contribution in [2.75, 3.05) is 19.6 Å². The van der Waals surface area contributed by atoms with Gasteiger partial charge in [0.05, 0.1) is 6.04 Å². The Morgan fingerprint density at radius 1 is 1.24 bits per heavy atom. The second-order valence-electron chi connectivity index (χ2n) is 6.33. The van der Waals surface area contributed by atoms with Crippen molar-refractivity contribution >= 4 is 17.7 Å². The van der Waals surface area contributed by atoms with Gasteiger partial charge in [-0.05, 0) is 26.7 Å². The number of amides is 3. The van der Waals surface area contributed by atoms with Crippen LogP contribution < -0.4 is 5.32 Å². The van der Waals surface area contributed by atoms with E-state index in [2.05, 4.69) is 5.32 Å². The van der Waals surface area contributed by atoms with E-state index >= 15 is 0 Å². The quantitative estimate of drug-likeness (QED) is 0.818. The molecule has 2 fully saturated rings. The van der Waals surface area contributed by atoms with Gasteiger partial charge in [0.1, 0.15) is 0 Å². The number of nitrogens with zero attached hydrogens (tertiary/aromatic N) is 2. The van der Waals surface area contributed by atoms with Crippen LogP contribution in [0.15, 0.2) is 0 Å². The van der Waals surface area contributed by atoms with Gasteiger partial charge in [0, 0.05) is 44.9 Å². The lowest BCUT2D eigenvalue weighted by Gasteiger charge is -2.31. The van der Waals surface area contributed by atoms with Gasteiger partial charge in [-0.2, -0.15) is 0 Å². The highest BCUT2D eigenvalue weighted by Gasteiger charge is 2.34. The summed E-state index contributed by atoms with van der Waals surface area (Å²) < 4.78 is 0. The molecule has 1 atom stereocenters. The fourth-order valence-electron chi connectivity index (χ4n) is 3.10. The van der Waals surface area contributed by atoms with Gasteiger partial charge < -0.3 is 15.1 Å². The summed E-state index contributed by atoms with van der Waals surface area (Å²) >= 11 is 0. The number of nitrogens with one attached hydrogen (secondary N) is 1.